The Labute approximate surface area is 116 Å². The lowest BCUT2D eigenvalue weighted by molar-refractivity contribution is -0.138. The van der Waals surface area contributed by atoms with Crippen LogP contribution in [0.5, 0.6) is 0 Å². The number of halogens is 3. The third-order valence-electron chi connectivity index (χ3n) is 2.84. The second kappa shape index (κ2) is 6.66. The molecule has 0 saturated heterocycles. The number of rotatable bonds is 5. The molecule has 2 atom stereocenters. The maximum Gasteiger partial charge on any atom is 0.416 e. The van der Waals surface area contributed by atoms with Crippen molar-refractivity contribution >= 4 is 11.8 Å². The molecule has 0 radical (unpaired) electrons. The molecule has 1 nitrogen and oxygen atoms in total. The summed E-state index contributed by atoms with van der Waals surface area (Å²) in [5, 5.41) is 0.306. The van der Waals surface area contributed by atoms with Gasteiger partial charge in [0.25, 0.3) is 0 Å². The molecule has 0 aromatic heterocycles. The third-order valence-corrected chi connectivity index (χ3v) is 4.10. The van der Waals surface area contributed by atoms with Crippen molar-refractivity contribution in [1.29, 1.82) is 0 Å². The average molecular weight is 291 g/mol. The van der Waals surface area contributed by atoms with Gasteiger partial charge in [-0.25, -0.2) is 0 Å². The Morgan fingerprint density at radius 2 is 1.89 bits per heavy atom. The van der Waals surface area contributed by atoms with Crippen LogP contribution in [-0.2, 0) is 12.6 Å². The Balaban J connectivity index is 3.08. The molecule has 1 rings (SSSR count). The maximum absolute atomic E-state index is 13.0. The van der Waals surface area contributed by atoms with Crippen molar-refractivity contribution in [3.63, 3.8) is 0 Å². The molecule has 2 N–H and O–H groups in total. The molecule has 1 aromatic carbocycles. The van der Waals surface area contributed by atoms with Crippen molar-refractivity contribution in [3.8, 4) is 0 Å². The molecule has 0 aliphatic carbocycles. The van der Waals surface area contributed by atoms with E-state index in [-0.39, 0.29) is 18.0 Å². The van der Waals surface area contributed by atoms with E-state index in [1.807, 2.05) is 13.8 Å². The van der Waals surface area contributed by atoms with Crippen molar-refractivity contribution in [2.75, 3.05) is 0 Å². The van der Waals surface area contributed by atoms with E-state index in [0.29, 0.717) is 10.1 Å². The Hall–Kier alpha value is -0.680. The normalized spacial score (nSPS) is 15.3. The quantitative estimate of drug-likeness (QED) is 0.809. The summed E-state index contributed by atoms with van der Waals surface area (Å²) in [6.45, 7) is 5.74. The van der Waals surface area contributed by atoms with Crippen molar-refractivity contribution in [1.82, 2.24) is 0 Å². The van der Waals surface area contributed by atoms with Gasteiger partial charge in [0, 0.05) is 16.2 Å². The first-order chi connectivity index (χ1) is 8.74. The lowest BCUT2D eigenvalue weighted by atomic mass is 10.0. The molecule has 1 aromatic rings. The lowest BCUT2D eigenvalue weighted by Crippen LogP contribution is -2.20. The highest BCUT2D eigenvalue weighted by Gasteiger charge is 2.33. The fraction of sp³-hybridized carbons (Fsp3) is 0.571. The molecular formula is C14H20F3NS. The zero-order valence-corrected chi connectivity index (χ0v) is 12.2. The number of benzene rings is 1. The molecule has 0 bridgehead atoms. The predicted octanol–water partition coefficient (Wildman–Crippen LogP) is 4.49. The van der Waals surface area contributed by atoms with Gasteiger partial charge >= 0.3 is 6.18 Å². The second-order valence-corrected chi connectivity index (χ2v) is 6.35. The van der Waals surface area contributed by atoms with Gasteiger partial charge in [0.15, 0.2) is 0 Å². The first kappa shape index (κ1) is 16.4. The summed E-state index contributed by atoms with van der Waals surface area (Å²) in [6.07, 6.45) is -3.16. The second-order valence-electron chi connectivity index (χ2n) is 4.83. The van der Waals surface area contributed by atoms with Gasteiger partial charge in [-0.2, -0.15) is 13.2 Å². The van der Waals surface area contributed by atoms with Crippen LogP contribution in [0.4, 0.5) is 13.2 Å². The fourth-order valence-corrected chi connectivity index (χ4v) is 2.70. The largest absolute Gasteiger partial charge is 0.416 e. The van der Waals surface area contributed by atoms with Gasteiger partial charge in [-0.1, -0.05) is 19.9 Å². The highest BCUT2D eigenvalue weighted by Crippen LogP contribution is 2.36. The SMILES string of the molecule is CCC(C)Sc1ccc(CC(C)N)c(C(F)(F)F)c1. The molecule has 108 valence electrons. The fourth-order valence-electron chi connectivity index (χ4n) is 1.73. The van der Waals surface area contributed by atoms with Gasteiger partial charge in [-0.3, -0.25) is 0 Å². The minimum absolute atomic E-state index is 0.239. The molecule has 2 unspecified atom stereocenters. The van der Waals surface area contributed by atoms with Crippen molar-refractivity contribution < 1.29 is 13.2 Å². The van der Waals surface area contributed by atoms with Crippen LogP contribution in [-0.4, -0.2) is 11.3 Å². The van der Waals surface area contributed by atoms with Crippen LogP contribution in [0.15, 0.2) is 23.1 Å². The lowest BCUT2D eigenvalue weighted by Gasteiger charge is -2.17. The van der Waals surface area contributed by atoms with E-state index in [2.05, 4.69) is 0 Å². The van der Waals surface area contributed by atoms with Crippen molar-refractivity contribution in [2.24, 2.45) is 5.73 Å². The first-order valence-electron chi connectivity index (χ1n) is 6.36. The summed E-state index contributed by atoms with van der Waals surface area (Å²) in [7, 11) is 0. The van der Waals surface area contributed by atoms with E-state index in [0.717, 1.165) is 6.42 Å². The summed E-state index contributed by atoms with van der Waals surface area (Å²) in [4.78, 5) is 0.662. The van der Waals surface area contributed by atoms with Gasteiger partial charge in [-0.05, 0) is 37.5 Å². The minimum atomic E-state index is -4.32. The number of thioether (sulfide) groups is 1. The topological polar surface area (TPSA) is 26.0 Å². The average Bonchev–Trinajstić information content (AvgIpc) is 2.28. The van der Waals surface area contributed by atoms with E-state index >= 15 is 0 Å². The summed E-state index contributed by atoms with van der Waals surface area (Å²) in [6, 6.07) is 4.27. The molecule has 0 saturated carbocycles. The molecule has 0 heterocycles. The van der Waals surface area contributed by atoms with Crippen LogP contribution in [0.25, 0.3) is 0 Å². The van der Waals surface area contributed by atoms with Gasteiger partial charge < -0.3 is 5.73 Å². The molecule has 0 fully saturated rings. The molecule has 0 spiro atoms. The number of hydrogen-bond acceptors (Lipinski definition) is 2. The van der Waals surface area contributed by atoms with E-state index < -0.39 is 11.7 Å². The van der Waals surface area contributed by atoms with Crippen molar-refractivity contribution in [2.45, 2.75) is 56.0 Å². The summed E-state index contributed by atoms with van der Waals surface area (Å²) >= 11 is 1.47. The summed E-state index contributed by atoms with van der Waals surface area (Å²) in [5.41, 5.74) is 5.32. The van der Waals surface area contributed by atoms with Gasteiger partial charge in [-0.15, -0.1) is 11.8 Å². The highest BCUT2D eigenvalue weighted by atomic mass is 32.2. The van der Waals surface area contributed by atoms with Crippen molar-refractivity contribution in [3.05, 3.63) is 29.3 Å². The Kier molecular flexibility index (Phi) is 5.74. The predicted molar refractivity (Wildman–Crippen MR) is 74.4 cm³/mol. The Morgan fingerprint density at radius 1 is 1.26 bits per heavy atom. The van der Waals surface area contributed by atoms with Crippen LogP contribution in [0.2, 0.25) is 0 Å². The smallest absolute Gasteiger partial charge is 0.328 e. The molecule has 5 heteroatoms. The standard InChI is InChI=1S/C14H20F3NS/c1-4-10(3)19-12-6-5-11(7-9(2)18)13(8-12)14(15,16)17/h5-6,8-10H,4,7,18H2,1-3H3. The Bertz CT molecular complexity index is 416. The molecule has 0 amide bonds. The van der Waals surface area contributed by atoms with Crippen LogP contribution in [0.1, 0.15) is 38.3 Å². The number of hydrogen-bond donors (Lipinski definition) is 1. The number of nitrogens with two attached hydrogens (primary N) is 1. The van der Waals surface area contributed by atoms with Gasteiger partial charge in [0.2, 0.25) is 0 Å². The monoisotopic (exact) mass is 291 g/mol. The molecule has 0 aliphatic rings. The van der Waals surface area contributed by atoms with Crippen LogP contribution in [0, 0.1) is 0 Å². The zero-order valence-electron chi connectivity index (χ0n) is 11.4. The van der Waals surface area contributed by atoms with E-state index in [1.165, 1.54) is 17.8 Å². The van der Waals surface area contributed by atoms with Crippen LogP contribution >= 0.6 is 11.8 Å². The molecular weight excluding hydrogens is 271 g/mol. The van der Waals surface area contributed by atoms with Gasteiger partial charge in [0.1, 0.15) is 0 Å². The minimum Gasteiger partial charge on any atom is -0.328 e. The van der Waals surface area contributed by atoms with Crippen LogP contribution < -0.4 is 5.73 Å². The van der Waals surface area contributed by atoms with E-state index in [4.69, 9.17) is 5.73 Å². The molecule has 19 heavy (non-hydrogen) atoms. The van der Waals surface area contributed by atoms with Gasteiger partial charge in [0.05, 0.1) is 5.56 Å². The van der Waals surface area contributed by atoms with E-state index in [9.17, 15) is 13.2 Å². The number of alkyl halides is 3. The third kappa shape index (κ3) is 5.07. The summed E-state index contributed by atoms with van der Waals surface area (Å²) in [5.74, 6) is 0. The van der Waals surface area contributed by atoms with E-state index in [1.54, 1.807) is 19.1 Å². The maximum atomic E-state index is 13.0. The highest BCUT2D eigenvalue weighted by molar-refractivity contribution is 7.99. The molecule has 0 aliphatic heterocycles. The van der Waals surface area contributed by atoms with Crippen LogP contribution in [0.3, 0.4) is 0 Å². The first-order valence-corrected chi connectivity index (χ1v) is 7.24. The zero-order chi connectivity index (χ0) is 14.6. The Morgan fingerprint density at radius 3 is 2.37 bits per heavy atom. The summed E-state index contributed by atoms with van der Waals surface area (Å²) < 4.78 is 39.1.